The molecule has 1 saturated heterocycles. The molecule has 0 saturated carbocycles. The van der Waals surface area contributed by atoms with Crippen molar-refractivity contribution in [2.75, 3.05) is 6.54 Å². The Morgan fingerprint density at radius 1 is 1.38 bits per heavy atom. The lowest BCUT2D eigenvalue weighted by Gasteiger charge is -2.25. The molecule has 128 valence electrons. The third-order valence-corrected chi connectivity index (χ3v) is 4.45. The quantitative estimate of drug-likeness (QED) is 0.814. The molecule has 3 heterocycles. The summed E-state index contributed by atoms with van der Waals surface area (Å²) >= 11 is 0. The number of hydrogen-bond donors (Lipinski definition) is 0. The number of aryl methyl sites for hydroxylation is 1. The number of pyridine rings is 1. The first-order chi connectivity index (χ1) is 11.6. The first-order valence-electron chi connectivity index (χ1n) is 8.67. The normalized spacial score (nSPS) is 17.6. The van der Waals surface area contributed by atoms with E-state index >= 15 is 0 Å². The van der Waals surface area contributed by atoms with Gasteiger partial charge in [-0.3, -0.25) is 9.78 Å². The number of amides is 1. The van der Waals surface area contributed by atoms with Crippen molar-refractivity contribution in [3.8, 4) is 0 Å². The maximum Gasteiger partial charge on any atom is 0.226 e. The van der Waals surface area contributed by atoms with Gasteiger partial charge in [0.25, 0.3) is 0 Å². The van der Waals surface area contributed by atoms with Gasteiger partial charge in [0.15, 0.2) is 5.82 Å². The van der Waals surface area contributed by atoms with E-state index in [-0.39, 0.29) is 17.9 Å². The maximum absolute atomic E-state index is 12.6. The van der Waals surface area contributed by atoms with Crippen LogP contribution in [0.25, 0.3) is 0 Å². The Hall–Kier alpha value is -2.24. The Morgan fingerprint density at radius 2 is 2.17 bits per heavy atom. The smallest absolute Gasteiger partial charge is 0.226 e. The minimum absolute atomic E-state index is 0.191. The molecule has 0 spiro atoms. The van der Waals surface area contributed by atoms with Gasteiger partial charge in [-0.25, -0.2) is 0 Å². The fourth-order valence-electron chi connectivity index (χ4n) is 3.14. The van der Waals surface area contributed by atoms with Gasteiger partial charge in [-0.05, 0) is 37.0 Å². The van der Waals surface area contributed by atoms with E-state index in [1.54, 1.807) is 12.4 Å². The van der Waals surface area contributed by atoms with E-state index in [0.717, 1.165) is 31.6 Å². The van der Waals surface area contributed by atoms with Crippen LogP contribution in [-0.4, -0.2) is 32.5 Å². The van der Waals surface area contributed by atoms with Crippen LogP contribution in [-0.2, 0) is 11.2 Å². The van der Waals surface area contributed by atoms with Crippen molar-refractivity contribution >= 4 is 5.91 Å². The van der Waals surface area contributed by atoms with Gasteiger partial charge in [0, 0.05) is 37.7 Å². The first kappa shape index (κ1) is 16.6. The Kier molecular flexibility index (Phi) is 5.23. The van der Waals surface area contributed by atoms with E-state index in [1.165, 1.54) is 5.56 Å². The predicted molar refractivity (Wildman–Crippen MR) is 89.3 cm³/mol. The fourth-order valence-corrected chi connectivity index (χ4v) is 3.14. The molecule has 1 aliphatic heterocycles. The molecule has 24 heavy (non-hydrogen) atoms. The summed E-state index contributed by atoms with van der Waals surface area (Å²) in [4.78, 5) is 23.0. The Labute approximate surface area is 142 Å². The molecule has 1 atom stereocenters. The predicted octanol–water partition coefficient (Wildman–Crippen LogP) is 3.27. The van der Waals surface area contributed by atoms with Crippen molar-refractivity contribution in [1.29, 1.82) is 0 Å². The van der Waals surface area contributed by atoms with Gasteiger partial charge in [-0.15, -0.1) is 0 Å². The summed E-state index contributed by atoms with van der Waals surface area (Å²) in [5, 5.41) is 3.96. The summed E-state index contributed by atoms with van der Waals surface area (Å²) in [5.74, 6) is 1.82. The third kappa shape index (κ3) is 3.80. The molecule has 6 heteroatoms. The molecule has 0 bridgehead atoms. The minimum Gasteiger partial charge on any atom is -0.339 e. The van der Waals surface area contributed by atoms with Crippen LogP contribution in [0.5, 0.6) is 0 Å². The molecular formula is C18H24N4O2. The number of rotatable bonds is 6. The van der Waals surface area contributed by atoms with Crippen molar-refractivity contribution < 1.29 is 9.32 Å². The van der Waals surface area contributed by atoms with Crippen molar-refractivity contribution in [1.82, 2.24) is 20.0 Å². The van der Waals surface area contributed by atoms with Crippen LogP contribution < -0.4 is 0 Å². The summed E-state index contributed by atoms with van der Waals surface area (Å²) in [5.41, 5.74) is 1.18. The Balaban J connectivity index is 1.52. The Morgan fingerprint density at radius 3 is 2.88 bits per heavy atom. The van der Waals surface area contributed by atoms with Crippen LogP contribution in [0.1, 0.15) is 68.8 Å². The van der Waals surface area contributed by atoms with E-state index < -0.39 is 0 Å². The summed E-state index contributed by atoms with van der Waals surface area (Å²) in [6.45, 7) is 4.90. The molecule has 2 aromatic heterocycles. The van der Waals surface area contributed by atoms with Crippen LogP contribution in [0.4, 0.5) is 0 Å². The standard InChI is InChI=1S/C18H24N4O2/c1-13(2)18-20-16(24-21-18)6-3-7-17(23)22-12-4-5-15(22)14-8-10-19-11-9-14/h8-11,13,15H,3-7,12H2,1-2H3/t15-/m1/s1. The van der Waals surface area contributed by atoms with Gasteiger partial charge in [-0.1, -0.05) is 19.0 Å². The summed E-state index contributed by atoms with van der Waals surface area (Å²) < 4.78 is 5.23. The van der Waals surface area contributed by atoms with Gasteiger partial charge < -0.3 is 9.42 Å². The molecule has 0 N–H and O–H groups in total. The van der Waals surface area contributed by atoms with Crippen LogP contribution >= 0.6 is 0 Å². The lowest BCUT2D eigenvalue weighted by Crippen LogP contribution is -2.30. The zero-order valence-corrected chi connectivity index (χ0v) is 14.3. The Bertz CT molecular complexity index is 669. The second-order valence-electron chi connectivity index (χ2n) is 6.58. The molecule has 3 rings (SSSR count). The monoisotopic (exact) mass is 328 g/mol. The zero-order valence-electron chi connectivity index (χ0n) is 14.3. The molecule has 0 aliphatic carbocycles. The van der Waals surface area contributed by atoms with Gasteiger partial charge in [0.05, 0.1) is 6.04 Å². The number of hydrogen-bond acceptors (Lipinski definition) is 5. The van der Waals surface area contributed by atoms with Crippen molar-refractivity contribution in [3.63, 3.8) is 0 Å². The van der Waals surface area contributed by atoms with Gasteiger partial charge in [-0.2, -0.15) is 4.98 Å². The lowest BCUT2D eigenvalue weighted by molar-refractivity contribution is -0.132. The average Bonchev–Trinajstić information content (AvgIpc) is 3.25. The maximum atomic E-state index is 12.6. The molecule has 1 fully saturated rings. The van der Waals surface area contributed by atoms with Gasteiger partial charge in [0.2, 0.25) is 11.8 Å². The van der Waals surface area contributed by atoms with E-state index in [2.05, 4.69) is 15.1 Å². The topological polar surface area (TPSA) is 72.1 Å². The molecule has 1 amide bonds. The summed E-state index contributed by atoms with van der Waals surface area (Å²) in [6, 6.07) is 4.20. The highest BCUT2D eigenvalue weighted by molar-refractivity contribution is 5.77. The number of carbonyl (C=O) groups is 1. The fraction of sp³-hybridized carbons (Fsp3) is 0.556. The summed E-state index contributed by atoms with van der Waals surface area (Å²) in [6.07, 6.45) is 7.56. The number of carbonyl (C=O) groups excluding carboxylic acids is 1. The minimum atomic E-state index is 0.191. The molecule has 0 aromatic carbocycles. The zero-order chi connectivity index (χ0) is 16.9. The average molecular weight is 328 g/mol. The molecule has 0 radical (unpaired) electrons. The SMILES string of the molecule is CC(C)c1noc(CCCC(=O)N2CCC[C@@H]2c2ccncc2)n1. The molecule has 0 unspecified atom stereocenters. The van der Waals surface area contributed by atoms with E-state index in [0.29, 0.717) is 18.7 Å². The van der Waals surface area contributed by atoms with Crippen molar-refractivity contribution in [2.24, 2.45) is 0 Å². The largest absolute Gasteiger partial charge is 0.339 e. The molecule has 2 aromatic rings. The molecular weight excluding hydrogens is 304 g/mol. The van der Waals surface area contributed by atoms with Gasteiger partial charge in [0.1, 0.15) is 0 Å². The second kappa shape index (κ2) is 7.55. The van der Waals surface area contributed by atoms with Crippen molar-refractivity contribution in [2.45, 2.75) is 57.9 Å². The molecule has 6 nitrogen and oxygen atoms in total. The number of nitrogens with zero attached hydrogens (tertiary/aromatic N) is 4. The van der Waals surface area contributed by atoms with Crippen LogP contribution in [0.3, 0.4) is 0 Å². The first-order valence-corrected chi connectivity index (χ1v) is 8.67. The van der Waals surface area contributed by atoms with Crippen LogP contribution in [0, 0.1) is 0 Å². The van der Waals surface area contributed by atoms with Crippen LogP contribution in [0.2, 0.25) is 0 Å². The lowest BCUT2D eigenvalue weighted by atomic mass is 10.1. The van der Waals surface area contributed by atoms with E-state index in [9.17, 15) is 4.79 Å². The number of likely N-dealkylation sites (tertiary alicyclic amines) is 1. The van der Waals surface area contributed by atoms with E-state index in [1.807, 2.05) is 30.9 Å². The van der Waals surface area contributed by atoms with Crippen molar-refractivity contribution in [3.05, 3.63) is 41.8 Å². The van der Waals surface area contributed by atoms with Gasteiger partial charge >= 0.3 is 0 Å². The number of aromatic nitrogens is 3. The highest BCUT2D eigenvalue weighted by Crippen LogP contribution is 2.32. The molecule has 1 aliphatic rings. The highest BCUT2D eigenvalue weighted by Gasteiger charge is 2.29. The van der Waals surface area contributed by atoms with E-state index in [4.69, 9.17) is 4.52 Å². The van der Waals surface area contributed by atoms with Crippen LogP contribution in [0.15, 0.2) is 29.0 Å². The summed E-state index contributed by atoms with van der Waals surface area (Å²) in [7, 11) is 0. The second-order valence-corrected chi connectivity index (χ2v) is 6.58. The third-order valence-electron chi connectivity index (χ3n) is 4.45. The highest BCUT2D eigenvalue weighted by atomic mass is 16.5.